The molecule has 19 heavy (non-hydrogen) atoms. The second kappa shape index (κ2) is 5.45. The van der Waals surface area contributed by atoms with Gasteiger partial charge in [-0.2, -0.15) is 0 Å². The Morgan fingerprint density at radius 1 is 1.26 bits per heavy atom. The largest absolute Gasteiger partial charge is 0.329 e. The second-order valence-corrected chi connectivity index (χ2v) is 7.10. The number of para-hydroxylation sites is 2. The van der Waals surface area contributed by atoms with Gasteiger partial charge < -0.3 is 10.3 Å². The Kier molecular flexibility index (Phi) is 3.68. The molecule has 1 unspecified atom stereocenters. The summed E-state index contributed by atoms with van der Waals surface area (Å²) < 4.78 is 3.28. The van der Waals surface area contributed by atoms with E-state index in [1.165, 1.54) is 4.88 Å². The van der Waals surface area contributed by atoms with Crippen molar-refractivity contribution in [1.29, 1.82) is 0 Å². The maximum atomic E-state index is 6.24. The fraction of sp³-hybridized carbons (Fsp3) is 0.214. The van der Waals surface area contributed by atoms with Crippen LogP contribution in [-0.4, -0.2) is 15.6 Å². The molecule has 2 heterocycles. The molecule has 0 aliphatic carbocycles. The molecule has 3 rings (SSSR count). The number of thiophene rings is 1. The van der Waals surface area contributed by atoms with Crippen molar-refractivity contribution >= 4 is 38.3 Å². The zero-order chi connectivity index (χ0) is 13.2. The van der Waals surface area contributed by atoms with Crippen molar-refractivity contribution in [3.63, 3.8) is 0 Å². The predicted octanol–water partition coefficient (Wildman–Crippen LogP) is 3.43. The highest BCUT2D eigenvalue weighted by molar-refractivity contribution is 9.11. The highest BCUT2D eigenvalue weighted by Crippen LogP contribution is 2.23. The monoisotopic (exact) mass is 335 g/mol. The van der Waals surface area contributed by atoms with Crippen molar-refractivity contribution in [3.05, 3.63) is 51.4 Å². The number of rotatable bonds is 4. The van der Waals surface area contributed by atoms with Crippen molar-refractivity contribution in [1.82, 2.24) is 9.55 Å². The van der Waals surface area contributed by atoms with Gasteiger partial charge in [-0.05, 0) is 46.6 Å². The summed E-state index contributed by atoms with van der Waals surface area (Å²) in [6.45, 7) is 0.788. The van der Waals surface area contributed by atoms with E-state index in [1.807, 2.05) is 24.5 Å². The Morgan fingerprint density at radius 3 is 2.89 bits per heavy atom. The number of nitrogens with two attached hydrogens (primary N) is 1. The van der Waals surface area contributed by atoms with Crippen LogP contribution < -0.4 is 5.73 Å². The summed E-state index contributed by atoms with van der Waals surface area (Å²) in [4.78, 5) is 5.69. The third-order valence-corrected chi connectivity index (χ3v) is 4.70. The number of nitrogens with zero attached hydrogens (tertiary/aromatic N) is 2. The quantitative estimate of drug-likeness (QED) is 0.793. The minimum absolute atomic E-state index is 0.100. The molecule has 3 aromatic rings. The lowest BCUT2D eigenvalue weighted by Crippen LogP contribution is -2.27. The van der Waals surface area contributed by atoms with Gasteiger partial charge in [0.1, 0.15) is 0 Å². The van der Waals surface area contributed by atoms with E-state index in [2.05, 4.69) is 43.7 Å². The Morgan fingerprint density at radius 2 is 2.11 bits per heavy atom. The molecule has 0 aliphatic rings. The highest BCUT2D eigenvalue weighted by atomic mass is 79.9. The Balaban J connectivity index is 1.74. The zero-order valence-corrected chi connectivity index (χ0v) is 12.7. The van der Waals surface area contributed by atoms with E-state index in [-0.39, 0.29) is 6.04 Å². The van der Waals surface area contributed by atoms with Gasteiger partial charge in [0.25, 0.3) is 0 Å². The summed E-state index contributed by atoms with van der Waals surface area (Å²) >= 11 is 5.22. The van der Waals surface area contributed by atoms with Gasteiger partial charge >= 0.3 is 0 Å². The van der Waals surface area contributed by atoms with Gasteiger partial charge in [-0.15, -0.1) is 11.3 Å². The summed E-state index contributed by atoms with van der Waals surface area (Å²) in [5, 5.41) is 0. The first kappa shape index (κ1) is 12.8. The molecule has 0 amide bonds. The van der Waals surface area contributed by atoms with Crippen LogP contribution in [0, 0.1) is 0 Å². The van der Waals surface area contributed by atoms with Crippen LogP contribution in [0.5, 0.6) is 0 Å². The van der Waals surface area contributed by atoms with Crippen LogP contribution in [0.4, 0.5) is 0 Å². The van der Waals surface area contributed by atoms with E-state index < -0.39 is 0 Å². The summed E-state index contributed by atoms with van der Waals surface area (Å²) in [7, 11) is 0. The lowest BCUT2D eigenvalue weighted by atomic mass is 10.2. The molecule has 0 saturated heterocycles. The van der Waals surface area contributed by atoms with Gasteiger partial charge in [-0.3, -0.25) is 0 Å². The second-order valence-electron chi connectivity index (χ2n) is 4.56. The molecule has 0 aliphatic heterocycles. The molecule has 98 valence electrons. The first-order valence-electron chi connectivity index (χ1n) is 6.12. The van der Waals surface area contributed by atoms with Crippen LogP contribution in [0.15, 0.2) is 46.5 Å². The summed E-state index contributed by atoms with van der Waals surface area (Å²) in [5.74, 6) is 0. The van der Waals surface area contributed by atoms with Gasteiger partial charge in [0.2, 0.25) is 0 Å². The Hall–Kier alpha value is -1.17. The molecule has 2 aromatic heterocycles. The summed E-state index contributed by atoms with van der Waals surface area (Å²) in [6, 6.07) is 12.4. The Labute approximate surface area is 124 Å². The van der Waals surface area contributed by atoms with Gasteiger partial charge in [0.05, 0.1) is 21.1 Å². The minimum atomic E-state index is 0.100. The maximum absolute atomic E-state index is 6.24. The molecule has 1 aromatic carbocycles. The van der Waals surface area contributed by atoms with Gasteiger partial charge in [-0.25, -0.2) is 4.98 Å². The summed E-state index contributed by atoms with van der Waals surface area (Å²) in [6.07, 6.45) is 2.76. The first-order valence-corrected chi connectivity index (χ1v) is 7.73. The highest BCUT2D eigenvalue weighted by Gasteiger charge is 2.09. The van der Waals surface area contributed by atoms with Gasteiger partial charge in [0.15, 0.2) is 0 Å². The van der Waals surface area contributed by atoms with E-state index >= 15 is 0 Å². The van der Waals surface area contributed by atoms with Crippen LogP contribution in [0.1, 0.15) is 4.88 Å². The van der Waals surface area contributed by atoms with Crippen LogP contribution in [-0.2, 0) is 13.0 Å². The number of hydrogen-bond donors (Lipinski definition) is 1. The van der Waals surface area contributed by atoms with Crippen molar-refractivity contribution in [2.45, 2.75) is 19.0 Å². The minimum Gasteiger partial charge on any atom is -0.329 e. The normalized spacial score (nSPS) is 12.9. The number of fused-ring (bicyclic) bond motifs is 1. The average molecular weight is 336 g/mol. The third kappa shape index (κ3) is 2.88. The number of imidazole rings is 1. The molecule has 1 atom stereocenters. The van der Waals surface area contributed by atoms with Crippen molar-refractivity contribution in [3.8, 4) is 0 Å². The summed E-state index contributed by atoms with van der Waals surface area (Å²) in [5.41, 5.74) is 8.41. The Bertz CT molecular complexity index is 689. The molecular formula is C14H14BrN3S. The standard InChI is InChI=1S/C14H14BrN3S/c15-14-6-5-11(19-14)7-10(16)8-18-9-17-12-3-1-2-4-13(12)18/h1-6,9-10H,7-8,16H2. The molecule has 2 N–H and O–H groups in total. The fourth-order valence-electron chi connectivity index (χ4n) is 2.19. The third-order valence-electron chi connectivity index (χ3n) is 3.05. The van der Waals surface area contributed by atoms with E-state index in [1.54, 1.807) is 11.3 Å². The smallest absolute Gasteiger partial charge is 0.0958 e. The van der Waals surface area contributed by atoms with Crippen molar-refractivity contribution in [2.24, 2.45) is 5.73 Å². The van der Waals surface area contributed by atoms with Gasteiger partial charge in [0, 0.05) is 17.5 Å². The maximum Gasteiger partial charge on any atom is 0.0958 e. The number of benzene rings is 1. The van der Waals surface area contributed by atoms with E-state index in [0.717, 1.165) is 27.8 Å². The van der Waals surface area contributed by atoms with Crippen LogP contribution in [0.25, 0.3) is 11.0 Å². The zero-order valence-electron chi connectivity index (χ0n) is 10.3. The molecule has 0 spiro atoms. The molecule has 0 radical (unpaired) electrons. The molecule has 0 saturated carbocycles. The van der Waals surface area contributed by atoms with E-state index in [4.69, 9.17) is 5.73 Å². The van der Waals surface area contributed by atoms with Crippen molar-refractivity contribution < 1.29 is 0 Å². The lowest BCUT2D eigenvalue weighted by Gasteiger charge is -2.12. The molecular weight excluding hydrogens is 322 g/mol. The van der Waals surface area contributed by atoms with Crippen molar-refractivity contribution in [2.75, 3.05) is 0 Å². The fourth-order valence-corrected chi connectivity index (χ4v) is 3.77. The number of halogens is 1. The molecule has 5 heteroatoms. The number of aromatic nitrogens is 2. The SMILES string of the molecule is NC(Cc1ccc(Br)s1)Cn1cnc2ccccc21. The average Bonchev–Trinajstić information content (AvgIpc) is 2.97. The molecule has 0 fully saturated rings. The molecule has 3 nitrogen and oxygen atoms in total. The topological polar surface area (TPSA) is 43.8 Å². The predicted molar refractivity (Wildman–Crippen MR) is 83.4 cm³/mol. The van der Waals surface area contributed by atoms with E-state index in [9.17, 15) is 0 Å². The van der Waals surface area contributed by atoms with Crippen LogP contribution in [0.3, 0.4) is 0 Å². The first-order chi connectivity index (χ1) is 9.22. The lowest BCUT2D eigenvalue weighted by molar-refractivity contribution is 0.562. The van der Waals surface area contributed by atoms with Crippen LogP contribution >= 0.6 is 27.3 Å². The van der Waals surface area contributed by atoms with E-state index in [0.29, 0.717) is 0 Å². The van der Waals surface area contributed by atoms with Crippen LogP contribution in [0.2, 0.25) is 0 Å². The van der Waals surface area contributed by atoms with Gasteiger partial charge in [-0.1, -0.05) is 12.1 Å². The number of hydrogen-bond acceptors (Lipinski definition) is 3. The molecule has 0 bridgehead atoms.